The molecular formula is C15H22O2. The summed E-state index contributed by atoms with van der Waals surface area (Å²) in [5.74, 6) is 0. The van der Waals surface area contributed by atoms with Crippen molar-refractivity contribution < 1.29 is 9.84 Å². The predicted molar refractivity (Wildman–Crippen MR) is 70.8 cm³/mol. The summed E-state index contributed by atoms with van der Waals surface area (Å²) in [6.07, 6.45) is 3.53. The Morgan fingerprint density at radius 3 is 2.71 bits per heavy atom. The van der Waals surface area contributed by atoms with Gasteiger partial charge in [0, 0.05) is 6.61 Å². The Balaban J connectivity index is 2.09. The highest BCUT2D eigenvalue weighted by atomic mass is 16.5. The van der Waals surface area contributed by atoms with E-state index in [1.807, 2.05) is 31.2 Å². The molecule has 0 amide bonds. The molecule has 0 aliphatic carbocycles. The van der Waals surface area contributed by atoms with Crippen LogP contribution >= 0.6 is 0 Å². The van der Waals surface area contributed by atoms with E-state index in [4.69, 9.17) is 9.84 Å². The lowest BCUT2D eigenvalue weighted by atomic mass is 10.1. The van der Waals surface area contributed by atoms with Gasteiger partial charge in [-0.2, -0.15) is 0 Å². The molecule has 1 atom stereocenters. The third kappa shape index (κ3) is 6.93. The lowest BCUT2D eigenvalue weighted by molar-refractivity contribution is 0.118. The molecule has 1 aromatic carbocycles. The Kier molecular flexibility index (Phi) is 6.60. The lowest BCUT2D eigenvalue weighted by Crippen LogP contribution is -1.98. The Bertz CT molecular complexity index is 328. The number of hydrogen-bond acceptors (Lipinski definition) is 2. The normalized spacial score (nSPS) is 13.7. The van der Waals surface area contributed by atoms with Crippen LogP contribution in [0.5, 0.6) is 0 Å². The van der Waals surface area contributed by atoms with Gasteiger partial charge >= 0.3 is 0 Å². The Labute approximate surface area is 104 Å². The number of allylic oxidation sites excluding steroid dienone is 1. The first-order chi connectivity index (χ1) is 8.18. The van der Waals surface area contributed by atoms with Gasteiger partial charge < -0.3 is 9.84 Å². The highest BCUT2D eigenvalue weighted by Gasteiger charge is 1.95. The molecule has 1 N–H and O–H groups in total. The van der Waals surface area contributed by atoms with Crippen LogP contribution in [-0.2, 0) is 11.3 Å². The number of rotatable bonds is 7. The number of aliphatic hydroxyl groups is 1. The van der Waals surface area contributed by atoms with Gasteiger partial charge in [-0.3, -0.25) is 0 Å². The number of hydrogen-bond donors (Lipinski definition) is 1. The van der Waals surface area contributed by atoms with E-state index in [1.54, 1.807) is 6.92 Å². The molecule has 0 fully saturated rings. The number of benzene rings is 1. The van der Waals surface area contributed by atoms with Crippen LogP contribution in [0.25, 0.3) is 0 Å². The van der Waals surface area contributed by atoms with E-state index in [0.29, 0.717) is 6.61 Å². The van der Waals surface area contributed by atoms with Crippen LogP contribution in [0.3, 0.4) is 0 Å². The molecule has 0 radical (unpaired) electrons. The Morgan fingerprint density at radius 1 is 1.35 bits per heavy atom. The Hall–Kier alpha value is -1.12. The van der Waals surface area contributed by atoms with Crippen molar-refractivity contribution in [1.82, 2.24) is 0 Å². The molecule has 0 bridgehead atoms. The van der Waals surface area contributed by atoms with Crippen molar-refractivity contribution >= 4 is 0 Å². The fourth-order valence-corrected chi connectivity index (χ4v) is 1.71. The predicted octanol–water partition coefficient (Wildman–Crippen LogP) is 3.31. The summed E-state index contributed by atoms with van der Waals surface area (Å²) in [5, 5.41) is 9.17. The molecule has 0 aromatic heterocycles. The number of aliphatic hydroxyl groups excluding tert-OH is 1. The first-order valence-corrected chi connectivity index (χ1v) is 6.15. The van der Waals surface area contributed by atoms with Crippen molar-refractivity contribution in [2.75, 3.05) is 6.61 Å². The molecule has 1 aromatic rings. The maximum absolute atomic E-state index is 9.17. The van der Waals surface area contributed by atoms with Crippen molar-refractivity contribution in [2.24, 2.45) is 0 Å². The van der Waals surface area contributed by atoms with Gasteiger partial charge in [0.25, 0.3) is 0 Å². The molecule has 2 nitrogen and oxygen atoms in total. The van der Waals surface area contributed by atoms with E-state index in [-0.39, 0.29) is 6.10 Å². The summed E-state index contributed by atoms with van der Waals surface area (Å²) in [5.41, 5.74) is 2.44. The fourth-order valence-electron chi connectivity index (χ4n) is 1.71. The molecule has 0 aliphatic rings. The van der Waals surface area contributed by atoms with E-state index in [1.165, 1.54) is 11.1 Å². The van der Waals surface area contributed by atoms with E-state index in [2.05, 4.69) is 12.1 Å². The SMILES string of the molecule is C/C(=C\C(C)O)CCCOCc1ccccc1. The molecule has 1 rings (SSSR count). The topological polar surface area (TPSA) is 29.5 Å². The molecular weight excluding hydrogens is 212 g/mol. The second kappa shape index (κ2) is 8.04. The first-order valence-electron chi connectivity index (χ1n) is 6.15. The van der Waals surface area contributed by atoms with Gasteiger partial charge in [0.15, 0.2) is 0 Å². The van der Waals surface area contributed by atoms with E-state index in [9.17, 15) is 0 Å². The van der Waals surface area contributed by atoms with Gasteiger partial charge in [-0.1, -0.05) is 42.0 Å². The highest BCUT2D eigenvalue weighted by molar-refractivity contribution is 5.13. The molecule has 94 valence electrons. The van der Waals surface area contributed by atoms with Crippen molar-refractivity contribution in [1.29, 1.82) is 0 Å². The van der Waals surface area contributed by atoms with Crippen LogP contribution in [0.4, 0.5) is 0 Å². The second-order valence-corrected chi connectivity index (χ2v) is 4.40. The maximum Gasteiger partial charge on any atom is 0.0716 e. The minimum absolute atomic E-state index is 0.347. The van der Waals surface area contributed by atoms with Gasteiger partial charge in [0.2, 0.25) is 0 Å². The van der Waals surface area contributed by atoms with Crippen LogP contribution in [-0.4, -0.2) is 17.8 Å². The summed E-state index contributed by atoms with van der Waals surface area (Å²) in [7, 11) is 0. The van der Waals surface area contributed by atoms with Gasteiger partial charge in [-0.05, 0) is 32.3 Å². The minimum atomic E-state index is -0.347. The lowest BCUT2D eigenvalue weighted by Gasteiger charge is -2.05. The average Bonchev–Trinajstić information content (AvgIpc) is 2.29. The van der Waals surface area contributed by atoms with Crippen molar-refractivity contribution in [2.45, 2.75) is 39.4 Å². The summed E-state index contributed by atoms with van der Waals surface area (Å²) in [6, 6.07) is 10.2. The standard InChI is InChI=1S/C15H22O2/c1-13(11-14(2)16)7-6-10-17-12-15-8-4-3-5-9-15/h3-5,8-9,11,14,16H,6-7,10,12H2,1-2H3/b13-11+. The molecule has 17 heavy (non-hydrogen) atoms. The average molecular weight is 234 g/mol. The zero-order chi connectivity index (χ0) is 12.5. The molecule has 0 aliphatic heterocycles. The van der Waals surface area contributed by atoms with Crippen LogP contribution in [0, 0.1) is 0 Å². The van der Waals surface area contributed by atoms with Crippen LogP contribution < -0.4 is 0 Å². The van der Waals surface area contributed by atoms with Gasteiger partial charge in [-0.25, -0.2) is 0 Å². The van der Waals surface area contributed by atoms with Crippen molar-refractivity contribution in [3.8, 4) is 0 Å². The number of ether oxygens (including phenoxy) is 1. The molecule has 0 spiro atoms. The quantitative estimate of drug-likeness (QED) is 0.579. The summed E-state index contributed by atoms with van der Waals surface area (Å²) < 4.78 is 5.59. The van der Waals surface area contributed by atoms with Crippen LogP contribution in [0.2, 0.25) is 0 Å². The maximum atomic E-state index is 9.17. The zero-order valence-corrected chi connectivity index (χ0v) is 10.7. The largest absolute Gasteiger partial charge is 0.389 e. The van der Waals surface area contributed by atoms with E-state index < -0.39 is 0 Å². The molecule has 0 saturated carbocycles. The van der Waals surface area contributed by atoms with E-state index >= 15 is 0 Å². The van der Waals surface area contributed by atoms with E-state index in [0.717, 1.165) is 19.4 Å². The third-order valence-electron chi connectivity index (χ3n) is 2.50. The molecule has 0 heterocycles. The third-order valence-corrected chi connectivity index (χ3v) is 2.50. The van der Waals surface area contributed by atoms with Gasteiger partial charge in [0.1, 0.15) is 0 Å². The molecule has 1 unspecified atom stereocenters. The molecule has 2 heteroatoms. The molecule has 0 saturated heterocycles. The fraction of sp³-hybridized carbons (Fsp3) is 0.467. The smallest absolute Gasteiger partial charge is 0.0716 e. The summed E-state index contributed by atoms with van der Waals surface area (Å²) >= 11 is 0. The summed E-state index contributed by atoms with van der Waals surface area (Å²) in [4.78, 5) is 0. The van der Waals surface area contributed by atoms with Crippen LogP contribution in [0.1, 0.15) is 32.3 Å². The van der Waals surface area contributed by atoms with Crippen LogP contribution in [0.15, 0.2) is 42.0 Å². The highest BCUT2D eigenvalue weighted by Crippen LogP contribution is 2.07. The second-order valence-electron chi connectivity index (χ2n) is 4.40. The minimum Gasteiger partial charge on any atom is -0.389 e. The first kappa shape index (κ1) is 13.9. The van der Waals surface area contributed by atoms with Gasteiger partial charge in [0.05, 0.1) is 12.7 Å². The zero-order valence-electron chi connectivity index (χ0n) is 10.7. The van der Waals surface area contributed by atoms with Crippen molar-refractivity contribution in [3.05, 3.63) is 47.5 Å². The Morgan fingerprint density at radius 2 is 2.06 bits per heavy atom. The van der Waals surface area contributed by atoms with Gasteiger partial charge in [-0.15, -0.1) is 0 Å². The summed E-state index contributed by atoms with van der Waals surface area (Å²) in [6.45, 7) is 5.26. The van der Waals surface area contributed by atoms with Crippen molar-refractivity contribution in [3.63, 3.8) is 0 Å². The monoisotopic (exact) mass is 234 g/mol.